The van der Waals surface area contributed by atoms with E-state index in [4.69, 9.17) is 5.11 Å². The minimum absolute atomic E-state index is 0.0114. The molecular weight excluding hydrogens is 266 g/mol. The molecule has 0 aliphatic carbocycles. The summed E-state index contributed by atoms with van der Waals surface area (Å²) >= 11 is 1.23. The average Bonchev–Trinajstić information content (AvgIpc) is 2.78. The van der Waals surface area contributed by atoms with Crippen LogP contribution < -0.4 is 5.32 Å². The summed E-state index contributed by atoms with van der Waals surface area (Å²) in [6.45, 7) is 8.21. The molecule has 0 radical (unpaired) electrons. The van der Waals surface area contributed by atoms with E-state index in [0.29, 0.717) is 11.6 Å². The minimum atomic E-state index is -1.06. The molecule has 0 saturated heterocycles. The van der Waals surface area contributed by atoms with Crippen molar-refractivity contribution in [1.82, 2.24) is 15.2 Å². The second-order valence-electron chi connectivity index (χ2n) is 4.43. The zero-order chi connectivity index (χ0) is 14.6. The number of thiazole rings is 1. The third kappa shape index (κ3) is 3.92. The number of carboxylic acids is 1. The molecule has 2 N–H and O–H groups in total. The Hall–Kier alpha value is -1.63. The third-order valence-corrected chi connectivity index (χ3v) is 3.70. The van der Waals surface area contributed by atoms with Gasteiger partial charge in [-0.05, 0) is 27.7 Å². The Bertz CT molecular complexity index is 459. The Morgan fingerprint density at radius 2 is 2.11 bits per heavy atom. The fourth-order valence-electron chi connectivity index (χ4n) is 1.66. The number of hydrogen-bond acceptors (Lipinski definition) is 4. The number of urea groups is 1. The summed E-state index contributed by atoms with van der Waals surface area (Å²) in [5.41, 5.74) is 0.0114. The Kier molecular flexibility index (Phi) is 5.29. The number of carbonyl (C=O) groups is 2. The van der Waals surface area contributed by atoms with E-state index in [9.17, 15) is 9.59 Å². The van der Waals surface area contributed by atoms with Crippen molar-refractivity contribution in [2.45, 2.75) is 39.8 Å². The topological polar surface area (TPSA) is 82.5 Å². The lowest BCUT2D eigenvalue weighted by molar-refractivity contribution is 0.0691. The quantitative estimate of drug-likeness (QED) is 0.870. The molecule has 106 valence electrons. The lowest BCUT2D eigenvalue weighted by atomic mass is 10.3. The Balaban J connectivity index is 2.70. The van der Waals surface area contributed by atoms with Gasteiger partial charge in [0.25, 0.3) is 0 Å². The standard InChI is InChI=1S/C12H19N3O3S/c1-5-15(7(2)3)12(18)13-8(4)10-14-9(6-19-10)11(16)17/h6-8H,5H2,1-4H3,(H,13,18)(H,16,17). The molecule has 19 heavy (non-hydrogen) atoms. The summed E-state index contributed by atoms with van der Waals surface area (Å²) in [6, 6.07) is -0.362. The highest BCUT2D eigenvalue weighted by molar-refractivity contribution is 7.09. The van der Waals surface area contributed by atoms with Gasteiger partial charge >= 0.3 is 12.0 Å². The molecule has 2 amide bonds. The van der Waals surface area contributed by atoms with Gasteiger partial charge in [0, 0.05) is 18.0 Å². The molecule has 0 spiro atoms. The molecule has 0 aliphatic heterocycles. The molecule has 1 heterocycles. The number of hydrogen-bond donors (Lipinski definition) is 2. The minimum Gasteiger partial charge on any atom is -0.476 e. The number of nitrogens with one attached hydrogen (secondary N) is 1. The molecule has 0 fully saturated rings. The maximum atomic E-state index is 12.0. The number of carbonyl (C=O) groups excluding carboxylic acids is 1. The van der Waals surface area contributed by atoms with Gasteiger partial charge in [-0.2, -0.15) is 0 Å². The molecule has 1 atom stereocenters. The van der Waals surface area contributed by atoms with Crippen molar-refractivity contribution in [3.63, 3.8) is 0 Å². The molecule has 1 rings (SSSR count). The fraction of sp³-hybridized carbons (Fsp3) is 0.583. The highest BCUT2D eigenvalue weighted by Crippen LogP contribution is 2.18. The van der Waals surface area contributed by atoms with E-state index in [0.717, 1.165) is 0 Å². The van der Waals surface area contributed by atoms with Gasteiger partial charge in [-0.15, -0.1) is 11.3 Å². The van der Waals surface area contributed by atoms with E-state index >= 15 is 0 Å². The van der Waals surface area contributed by atoms with Crippen LogP contribution in [0.1, 0.15) is 49.2 Å². The summed E-state index contributed by atoms with van der Waals surface area (Å²) < 4.78 is 0. The average molecular weight is 285 g/mol. The van der Waals surface area contributed by atoms with Crippen LogP contribution in [0.3, 0.4) is 0 Å². The van der Waals surface area contributed by atoms with Crippen molar-refractivity contribution in [3.8, 4) is 0 Å². The highest BCUT2D eigenvalue weighted by Gasteiger charge is 2.20. The molecule has 1 aromatic heterocycles. The number of nitrogens with zero attached hydrogens (tertiary/aromatic N) is 2. The highest BCUT2D eigenvalue weighted by atomic mass is 32.1. The normalized spacial score (nSPS) is 12.3. The van der Waals surface area contributed by atoms with E-state index in [2.05, 4.69) is 10.3 Å². The van der Waals surface area contributed by atoms with Gasteiger partial charge in [0.15, 0.2) is 5.69 Å². The summed E-state index contributed by atoms with van der Waals surface area (Å²) in [6.07, 6.45) is 0. The fourth-order valence-corrected chi connectivity index (χ4v) is 2.46. The van der Waals surface area contributed by atoms with Gasteiger partial charge in [0.1, 0.15) is 5.01 Å². The van der Waals surface area contributed by atoms with Crippen LogP contribution in [-0.4, -0.2) is 39.6 Å². The van der Waals surface area contributed by atoms with E-state index in [-0.39, 0.29) is 23.8 Å². The number of aromatic carboxylic acids is 1. The summed E-state index contributed by atoms with van der Waals surface area (Å²) in [7, 11) is 0. The van der Waals surface area contributed by atoms with Gasteiger partial charge in [-0.3, -0.25) is 0 Å². The Morgan fingerprint density at radius 3 is 2.53 bits per heavy atom. The van der Waals surface area contributed by atoms with Crippen molar-refractivity contribution in [2.24, 2.45) is 0 Å². The molecule has 7 heteroatoms. The molecule has 0 aliphatic rings. The first-order valence-corrected chi connectivity index (χ1v) is 7.00. The maximum absolute atomic E-state index is 12.0. The zero-order valence-corrected chi connectivity index (χ0v) is 12.3. The lowest BCUT2D eigenvalue weighted by Gasteiger charge is -2.26. The molecular formula is C12H19N3O3S. The van der Waals surface area contributed by atoms with Gasteiger partial charge in [0.05, 0.1) is 6.04 Å². The van der Waals surface area contributed by atoms with Crippen molar-refractivity contribution in [2.75, 3.05) is 6.54 Å². The second-order valence-corrected chi connectivity index (χ2v) is 5.32. The first-order chi connectivity index (χ1) is 8.86. The SMILES string of the molecule is CCN(C(=O)NC(C)c1nc(C(=O)O)cs1)C(C)C. The van der Waals surface area contributed by atoms with E-state index < -0.39 is 5.97 Å². The Labute approximate surface area is 116 Å². The summed E-state index contributed by atoms with van der Waals surface area (Å²) in [5.74, 6) is -1.06. The lowest BCUT2D eigenvalue weighted by Crippen LogP contribution is -2.44. The van der Waals surface area contributed by atoms with Gasteiger partial charge in [0.2, 0.25) is 0 Å². The molecule has 0 aromatic carbocycles. The van der Waals surface area contributed by atoms with E-state index in [1.165, 1.54) is 16.7 Å². The predicted molar refractivity (Wildman–Crippen MR) is 73.5 cm³/mol. The summed E-state index contributed by atoms with van der Waals surface area (Å²) in [4.78, 5) is 28.4. The van der Waals surface area contributed by atoms with Crippen LogP contribution in [0.2, 0.25) is 0 Å². The molecule has 0 saturated carbocycles. The first-order valence-electron chi connectivity index (χ1n) is 6.12. The van der Waals surface area contributed by atoms with E-state index in [1.54, 1.807) is 11.8 Å². The van der Waals surface area contributed by atoms with Gasteiger partial charge in [-0.25, -0.2) is 14.6 Å². The van der Waals surface area contributed by atoms with Crippen LogP contribution in [0, 0.1) is 0 Å². The number of aromatic nitrogens is 1. The monoisotopic (exact) mass is 285 g/mol. The van der Waals surface area contributed by atoms with Crippen molar-refractivity contribution in [1.29, 1.82) is 0 Å². The van der Waals surface area contributed by atoms with Crippen LogP contribution in [0.15, 0.2) is 5.38 Å². The van der Waals surface area contributed by atoms with Gasteiger partial charge in [-0.1, -0.05) is 0 Å². The van der Waals surface area contributed by atoms with Crippen LogP contribution in [0.25, 0.3) is 0 Å². The zero-order valence-electron chi connectivity index (χ0n) is 11.5. The number of amides is 2. The largest absolute Gasteiger partial charge is 0.476 e. The summed E-state index contributed by atoms with van der Waals surface area (Å²) in [5, 5.41) is 13.7. The number of rotatable bonds is 5. The van der Waals surface area contributed by atoms with Crippen LogP contribution in [0.5, 0.6) is 0 Å². The van der Waals surface area contributed by atoms with Crippen LogP contribution in [0.4, 0.5) is 4.79 Å². The molecule has 1 unspecified atom stereocenters. The smallest absolute Gasteiger partial charge is 0.355 e. The second kappa shape index (κ2) is 6.51. The van der Waals surface area contributed by atoms with Crippen molar-refractivity contribution < 1.29 is 14.7 Å². The molecule has 6 nitrogen and oxygen atoms in total. The predicted octanol–water partition coefficient (Wildman–Crippen LogP) is 2.34. The van der Waals surface area contributed by atoms with Crippen LogP contribution >= 0.6 is 11.3 Å². The first kappa shape index (κ1) is 15.4. The van der Waals surface area contributed by atoms with Crippen molar-refractivity contribution in [3.05, 3.63) is 16.1 Å². The number of carboxylic acid groups (broad SMARTS) is 1. The molecule has 0 bridgehead atoms. The van der Waals surface area contributed by atoms with E-state index in [1.807, 2.05) is 20.8 Å². The van der Waals surface area contributed by atoms with Gasteiger partial charge < -0.3 is 15.3 Å². The van der Waals surface area contributed by atoms with Crippen LogP contribution in [-0.2, 0) is 0 Å². The van der Waals surface area contributed by atoms with Crippen molar-refractivity contribution >= 4 is 23.3 Å². The third-order valence-electron chi connectivity index (χ3n) is 2.68. The molecule has 1 aromatic rings. The Morgan fingerprint density at radius 1 is 1.47 bits per heavy atom. The maximum Gasteiger partial charge on any atom is 0.355 e.